The third-order valence-corrected chi connectivity index (χ3v) is 5.61. The molecule has 1 saturated heterocycles. The minimum absolute atomic E-state index is 0.364. The van der Waals surface area contributed by atoms with Gasteiger partial charge < -0.3 is 5.73 Å². The van der Waals surface area contributed by atoms with Crippen LogP contribution in [0.25, 0.3) is 0 Å². The molecule has 0 spiro atoms. The first-order valence-corrected chi connectivity index (χ1v) is 7.43. The molecule has 2 fully saturated rings. The van der Waals surface area contributed by atoms with Crippen molar-refractivity contribution in [3.63, 3.8) is 0 Å². The van der Waals surface area contributed by atoms with Gasteiger partial charge in [-0.25, -0.2) is 0 Å². The van der Waals surface area contributed by atoms with Crippen molar-refractivity contribution in [3.8, 4) is 0 Å². The highest BCUT2D eigenvalue weighted by molar-refractivity contribution is 5.05. The van der Waals surface area contributed by atoms with Crippen molar-refractivity contribution in [3.05, 3.63) is 0 Å². The van der Waals surface area contributed by atoms with E-state index in [0.717, 1.165) is 30.2 Å². The normalized spacial score (nSPS) is 43.8. The second kappa shape index (κ2) is 4.89. The van der Waals surface area contributed by atoms with Crippen molar-refractivity contribution >= 4 is 0 Å². The zero-order valence-corrected chi connectivity index (χ0v) is 12.1. The average molecular weight is 238 g/mol. The van der Waals surface area contributed by atoms with Gasteiger partial charge in [-0.15, -0.1) is 0 Å². The number of rotatable bonds is 3. The van der Waals surface area contributed by atoms with Gasteiger partial charge in [0.25, 0.3) is 0 Å². The fourth-order valence-corrected chi connectivity index (χ4v) is 3.64. The first-order chi connectivity index (χ1) is 7.98. The van der Waals surface area contributed by atoms with Crippen LogP contribution in [0.5, 0.6) is 0 Å². The van der Waals surface area contributed by atoms with Gasteiger partial charge in [-0.1, -0.05) is 27.7 Å². The molecule has 2 nitrogen and oxygen atoms in total. The number of hydrogen-bond donors (Lipinski definition) is 1. The molecule has 2 unspecified atom stereocenters. The van der Waals surface area contributed by atoms with E-state index in [2.05, 4.69) is 32.6 Å². The van der Waals surface area contributed by atoms with Crippen LogP contribution in [0.1, 0.15) is 47.0 Å². The lowest BCUT2D eigenvalue weighted by atomic mass is 9.62. The van der Waals surface area contributed by atoms with Crippen LogP contribution in [-0.2, 0) is 0 Å². The zero-order chi connectivity index (χ0) is 12.6. The van der Waals surface area contributed by atoms with Gasteiger partial charge in [0.2, 0.25) is 0 Å². The molecule has 0 aromatic rings. The lowest BCUT2D eigenvalue weighted by Gasteiger charge is -2.57. The van der Waals surface area contributed by atoms with E-state index in [1.165, 1.54) is 32.4 Å². The van der Waals surface area contributed by atoms with Gasteiger partial charge in [0, 0.05) is 18.6 Å². The van der Waals surface area contributed by atoms with Crippen molar-refractivity contribution in [1.82, 2.24) is 4.90 Å². The Balaban J connectivity index is 1.96. The zero-order valence-electron chi connectivity index (χ0n) is 12.1. The molecule has 2 rings (SSSR count). The summed E-state index contributed by atoms with van der Waals surface area (Å²) in [5.74, 6) is 3.47. The van der Waals surface area contributed by atoms with E-state index in [1.54, 1.807) is 0 Å². The Kier molecular flexibility index (Phi) is 3.84. The number of likely N-dealkylation sites (tertiary alicyclic amines) is 1. The third-order valence-electron chi connectivity index (χ3n) is 5.61. The van der Waals surface area contributed by atoms with Crippen LogP contribution in [0.4, 0.5) is 0 Å². The largest absolute Gasteiger partial charge is 0.329 e. The first kappa shape index (κ1) is 13.4. The molecule has 0 amide bonds. The minimum atomic E-state index is 0.364. The molecule has 17 heavy (non-hydrogen) atoms. The van der Waals surface area contributed by atoms with Gasteiger partial charge in [-0.3, -0.25) is 4.90 Å². The van der Waals surface area contributed by atoms with E-state index in [-0.39, 0.29) is 0 Å². The van der Waals surface area contributed by atoms with E-state index >= 15 is 0 Å². The summed E-state index contributed by atoms with van der Waals surface area (Å²) in [5.41, 5.74) is 6.46. The molecule has 2 heteroatoms. The van der Waals surface area contributed by atoms with Gasteiger partial charge in [-0.05, 0) is 49.5 Å². The highest BCUT2D eigenvalue weighted by atomic mass is 15.2. The highest BCUT2D eigenvalue weighted by Crippen LogP contribution is 2.47. The van der Waals surface area contributed by atoms with Crippen molar-refractivity contribution in [2.75, 3.05) is 19.6 Å². The topological polar surface area (TPSA) is 29.3 Å². The van der Waals surface area contributed by atoms with Gasteiger partial charge in [0.05, 0.1) is 0 Å². The molecule has 1 saturated carbocycles. The summed E-state index contributed by atoms with van der Waals surface area (Å²) >= 11 is 0. The number of nitrogens with zero attached hydrogens (tertiary/aromatic N) is 1. The standard InChI is InChI=1S/C15H30N2/c1-11(2)14-7-15(8-14,10-16)17-6-5-12(3)13(4)9-17/h11-14H,5-10,16H2,1-4H3. The third kappa shape index (κ3) is 2.39. The summed E-state index contributed by atoms with van der Waals surface area (Å²) in [5, 5.41) is 0. The van der Waals surface area contributed by atoms with E-state index in [0.29, 0.717) is 5.54 Å². The molecule has 0 aromatic carbocycles. The second-order valence-corrected chi connectivity index (χ2v) is 7.03. The first-order valence-electron chi connectivity index (χ1n) is 7.43. The monoisotopic (exact) mass is 238 g/mol. The summed E-state index contributed by atoms with van der Waals surface area (Å²) in [6.07, 6.45) is 4.03. The van der Waals surface area contributed by atoms with Crippen molar-refractivity contribution in [2.24, 2.45) is 29.4 Å². The number of hydrogen-bond acceptors (Lipinski definition) is 2. The molecule has 1 aliphatic carbocycles. The summed E-state index contributed by atoms with van der Waals surface area (Å²) in [6.45, 7) is 12.9. The molecule has 0 bridgehead atoms. The Hall–Kier alpha value is -0.0800. The van der Waals surface area contributed by atoms with Gasteiger partial charge >= 0.3 is 0 Å². The van der Waals surface area contributed by atoms with Crippen LogP contribution in [0.3, 0.4) is 0 Å². The molecule has 1 heterocycles. The molecule has 100 valence electrons. The molecule has 1 aliphatic heterocycles. The molecular weight excluding hydrogens is 208 g/mol. The summed E-state index contributed by atoms with van der Waals surface area (Å²) in [6, 6.07) is 0. The van der Waals surface area contributed by atoms with E-state index < -0.39 is 0 Å². The molecule has 2 atom stereocenters. The summed E-state index contributed by atoms with van der Waals surface area (Å²) in [7, 11) is 0. The van der Waals surface area contributed by atoms with Gasteiger partial charge in [0.1, 0.15) is 0 Å². The predicted octanol–water partition coefficient (Wildman–Crippen LogP) is 2.73. The average Bonchev–Trinajstić information content (AvgIpc) is 2.22. The number of nitrogens with two attached hydrogens (primary N) is 1. The van der Waals surface area contributed by atoms with Gasteiger partial charge in [0.15, 0.2) is 0 Å². The van der Waals surface area contributed by atoms with E-state index in [4.69, 9.17) is 5.73 Å². The van der Waals surface area contributed by atoms with Crippen molar-refractivity contribution in [1.29, 1.82) is 0 Å². The minimum Gasteiger partial charge on any atom is -0.329 e. The Morgan fingerprint density at radius 3 is 2.35 bits per heavy atom. The maximum absolute atomic E-state index is 6.10. The smallest absolute Gasteiger partial charge is 0.0337 e. The van der Waals surface area contributed by atoms with Crippen LogP contribution in [0.15, 0.2) is 0 Å². The Morgan fingerprint density at radius 1 is 1.24 bits per heavy atom. The highest BCUT2D eigenvalue weighted by Gasteiger charge is 2.49. The van der Waals surface area contributed by atoms with E-state index in [9.17, 15) is 0 Å². The molecule has 2 N–H and O–H groups in total. The van der Waals surface area contributed by atoms with E-state index in [1.807, 2.05) is 0 Å². The van der Waals surface area contributed by atoms with Crippen LogP contribution in [0, 0.1) is 23.7 Å². The SMILES string of the molecule is CC(C)C1CC(CN)(N2CCC(C)C(C)C2)C1. The summed E-state index contributed by atoms with van der Waals surface area (Å²) in [4.78, 5) is 2.72. The van der Waals surface area contributed by atoms with Crippen LogP contribution in [0.2, 0.25) is 0 Å². The predicted molar refractivity (Wildman–Crippen MR) is 73.9 cm³/mol. The van der Waals surface area contributed by atoms with Gasteiger partial charge in [-0.2, -0.15) is 0 Å². The summed E-state index contributed by atoms with van der Waals surface area (Å²) < 4.78 is 0. The number of piperidine rings is 1. The molecular formula is C15H30N2. The van der Waals surface area contributed by atoms with Crippen molar-refractivity contribution in [2.45, 2.75) is 52.5 Å². The Bertz CT molecular complexity index is 256. The lowest BCUT2D eigenvalue weighted by Crippen LogP contribution is -2.64. The fraction of sp³-hybridized carbons (Fsp3) is 1.00. The Labute approximate surface area is 107 Å². The Morgan fingerprint density at radius 2 is 1.88 bits per heavy atom. The maximum atomic E-state index is 6.10. The molecule has 0 radical (unpaired) electrons. The van der Waals surface area contributed by atoms with Crippen LogP contribution >= 0.6 is 0 Å². The molecule has 2 aliphatic rings. The maximum Gasteiger partial charge on any atom is 0.0337 e. The fourth-order valence-electron chi connectivity index (χ4n) is 3.64. The van der Waals surface area contributed by atoms with Crippen LogP contribution < -0.4 is 5.73 Å². The molecule has 0 aromatic heterocycles. The van der Waals surface area contributed by atoms with Crippen molar-refractivity contribution < 1.29 is 0 Å². The lowest BCUT2D eigenvalue weighted by molar-refractivity contribution is -0.0622. The van der Waals surface area contributed by atoms with Crippen LogP contribution in [-0.4, -0.2) is 30.1 Å². The second-order valence-electron chi connectivity index (χ2n) is 7.03. The quantitative estimate of drug-likeness (QED) is 0.819.